The highest BCUT2D eigenvalue weighted by molar-refractivity contribution is 6.31. The number of benzene rings is 1. The van der Waals surface area contributed by atoms with Crippen molar-refractivity contribution in [2.45, 2.75) is 26.8 Å². The van der Waals surface area contributed by atoms with Crippen molar-refractivity contribution in [2.24, 2.45) is 0 Å². The summed E-state index contributed by atoms with van der Waals surface area (Å²) in [5, 5.41) is 4.09. The van der Waals surface area contributed by atoms with E-state index in [1.54, 1.807) is 0 Å². The summed E-state index contributed by atoms with van der Waals surface area (Å²) in [7, 11) is 0. The number of hydrogen-bond donors (Lipinski definition) is 1. The molecule has 0 spiro atoms. The molecule has 4 heteroatoms. The number of rotatable bonds is 5. The Morgan fingerprint density at radius 1 is 1.21 bits per heavy atom. The summed E-state index contributed by atoms with van der Waals surface area (Å²) in [5.74, 6) is 1.82. The Morgan fingerprint density at radius 3 is 2.68 bits per heavy atom. The van der Waals surface area contributed by atoms with E-state index in [1.165, 1.54) is 0 Å². The summed E-state index contributed by atoms with van der Waals surface area (Å²) in [6, 6.07) is 9.98. The highest BCUT2D eigenvalue weighted by Crippen LogP contribution is 2.26. The molecule has 19 heavy (non-hydrogen) atoms. The van der Waals surface area contributed by atoms with E-state index in [1.807, 2.05) is 37.3 Å². The molecule has 1 heterocycles. The molecule has 0 aliphatic heterocycles. The molecule has 0 amide bonds. The van der Waals surface area contributed by atoms with Gasteiger partial charge in [-0.1, -0.05) is 30.7 Å². The van der Waals surface area contributed by atoms with Crippen LogP contribution in [0.1, 0.15) is 24.7 Å². The molecule has 0 unspecified atom stereocenters. The first kappa shape index (κ1) is 16.1. The van der Waals surface area contributed by atoms with E-state index in [-0.39, 0.29) is 12.4 Å². The van der Waals surface area contributed by atoms with Crippen molar-refractivity contribution in [1.29, 1.82) is 0 Å². The molecule has 2 rings (SSSR count). The molecule has 0 bridgehead atoms. The Kier molecular flexibility index (Phi) is 6.43. The molecular weight excluding hydrogens is 281 g/mol. The molecule has 2 nitrogen and oxygen atoms in total. The van der Waals surface area contributed by atoms with E-state index in [2.05, 4.69) is 12.2 Å². The van der Waals surface area contributed by atoms with E-state index in [9.17, 15) is 0 Å². The molecule has 1 aromatic carbocycles. The summed E-state index contributed by atoms with van der Waals surface area (Å²) >= 11 is 6.12. The van der Waals surface area contributed by atoms with Crippen LogP contribution in [-0.4, -0.2) is 6.54 Å². The van der Waals surface area contributed by atoms with Crippen molar-refractivity contribution in [3.63, 3.8) is 0 Å². The van der Waals surface area contributed by atoms with E-state index in [0.29, 0.717) is 0 Å². The normalized spacial score (nSPS) is 10.3. The van der Waals surface area contributed by atoms with Crippen LogP contribution < -0.4 is 5.32 Å². The third-order valence-electron chi connectivity index (χ3n) is 2.84. The maximum atomic E-state index is 6.12. The molecule has 1 aromatic heterocycles. The predicted molar refractivity (Wildman–Crippen MR) is 83.1 cm³/mol. The second kappa shape index (κ2) is 7.59. The highest BCUT2D eigenvalue weighted by atomic mass is 35.5. The second-order valence-corrected chi connectivity index (χ2v) is 4.81. The SMILES string of the molecule is CCCNCc1ccc(-c2ccc(C)c(Cl)c2)o1.Cl. The van der Waals surface area contributed by atoms with Crippen LogP contribution in [0.5, 0.6) is 0 Å². The van der Waals surface area contributed by atoms with Gasteiger partial charge in [-0.3, -0.25) is 0 Å². The van der Waals surface area contributed by atoms with Gasteiger partial charge < -0.3 is 9.73 Å². The average molecular weight is 300 g/mol. The first-order chi connectivity index (χ1) is 8.70. The maximum Gasteiger partial charge on any atom is 0.134 e. The van der Waals surface area contributed by atoms with Crippen molar-refractivity contribution < 1.29 is 4.42 Å². The Bertz CT molecular complexity index is 523. The summed E-state index contributed by atoms with van der Waals surface area (Å²) in [4.78, 5) is 0. The zero-order chi connectivity index (χ0) is 13.0. The number of nitrogens with one attached hydrogen (secondary N) is 1. The predicted octanol–water partition coefficient (Wildman–Crippen LogP) is 4.83. The van der Waals surface area contributed by atoms with Crippen LogP contribution in [0.3, 0.4) is 0 Å². The van der Waals surface area contributed by atoms with Gasteiger partial charge in [0.2, 0.25) is 0 Å². The van der Waals surface area contributed by atoms with E-state index < -0.39 is 0 Å². The van der Waals surface area contributed by atoms with Crippen molar-refractivity contribution >= 4 is 24.0 Å². The van der Waals surface area contributed by atoms with Gasteiger partial charge in [0, 0.05) is 10.6 Å². The maximum absolute atomic E-state index is 6.12. The zero-order valence-electron chi connectivity index (χ0n) is 11.2. The molecule has 104 valence electrons. The first-order valence-electron chi connectivity index (χ1n) is 6.26. The Balaban J connectivity index is 0.00000180. The van der Waals surface area contributed by atoms with Crippen LogP contribution in [0, 0.1) is 6.92 Å². The highest BCUT2D eigenvalue weighted by Gasteiger charge is 2.06. The van der Waals surface area contributed by atoms with Gasteiger partial charge in [-0.15, -0.1) is 12.4 Å². The van der Waals surface area contributed by atoms with Gasteiger partial charge in [0.15, 0.2) is 0 Å². The van der Waals surface area contributed by atoms with E-state index in [0.717, 1.165) is 47.2 Å². The fourth-order valence-corrected chi connectivity index (χ4v) is 1.94. The average Bonchev–Trinajstić information content (AvgIpc) is 2.82. The topological polar surface area (TPSA) is 25.2 Å². The number of aryl methyl sites for hydroxylation is 1. The van der Waals surface area contributed by atoms with E-state index in [4.69, 9.17) is 16.0 Å². The Morgan fingerprint density at radius 2 is 2.00 bits per heavy atom. The lowest BCUT2D eigenvalue weighted by atomic mass is 10.1. The molecule has 0 saturated heterocycles. The molecule has 2 aromatic rings. The van der Waals surface area contributed by atoms with Crippen LogP contribution in [-0.2, 0) is 6.54 Å². The van der Waals surface area contributed by atoms with Gasteiger partial charge in [0.25, 0.3) is 0 Å². The van der Waals surface area contributed by atoms with Crippen LogP contribution in [0.2, 0.25) is 5.02 Å². The first-order valence-corrected chi connectivity index (χ1v) is 6.64. The monoisotopic (exact) mass is 299 g/mol. The van der Waals surface area contributed by atoms with Crippen molar-refractivity contribution in [3.8, 4) is 11.3 Å². The number of hydrogen-bond acceptors (Lipinski definition) is 2. The fourth-order valence-electron chi connectivity index (χ4n) is 1.76. The minimum absolute atomic E-state index is 0. The lowest BCUT2D eigenvalue weighted by Crippen LogP contribution is -2.12. The minimum Gasteiger partial charge on any atom is -0.460 e. The van der Waals surface area contributed by atoms with Gasteiger partial charge >= 0.3 is 0 Å². The summed E-state index contributed by atoms with van der Waals surface area (Å²) < 4.78 is 5.79. The third-order valence-corrected chi connectivity index (χ3v) is 3.25. The molecule has 1 N–H and O–H groups in total. The smallest absolute Gasteiger partial charge is 0.134 e. The van der Waals surface area contributed by atoms with Crippen LogP contribution >= 0.6 is 24.0 Å². The van der Waals surface area contributed by atoms with Gasteiger partial charge in [0.1, 0.15) is 11.5 Å². The second-order valence-electron chi connectivity index (χ2n) is 4.41. The lowest BCUT2D eigenvalue weighted by Gasteiger charge is -2.02. The van der Waals surface area contributed by atoms with Crippen LogP contribution in [0.25, 0.3) is 11.3 Å². The van der Waals surface area contributed by atoms with E-state index >= 15 is 0 Å². The molecule has 0 aliphatic carbocycles. The Hall–Kier alpha value is -0.960. The lowest BCUT2D eigenvalue weighted by molar-refractivity contribution is 0.493. The van der Waals surface area contributed by atoms with Gasteiger partial charge in [0.05, 0.1) is 6.54 Å². The molecule has 0 atom stereocenters. The quantitative estimate of drug-likeness (QED) is 0.800. The Labute approximate surface area is 125 Å². The molecule has 0 aliphatic rings. The van der Waals surface area contributed by atoms with Crippen molar-refractivity contribution in [3.05, 3.63) is 46.7 Å². The van der Waals surface area contributed by atoms with Gasteiger partial charge in [-0.25, -0.2) is 0 Å². The summed E-state index contributed by atoms with van der Waals surface area (Å²) in [6.07, 6.45) is 1.13. The summed E-state index contributed by atoms with van der Waals surface area (Å²) in [6.45, 7) is 5.92. The van der Waals surface area contributed by atoms with Gasteiger partial charge in [-0.2, -0.15) is 0 Å². The molecule has 0 radical (unpaired) electrons. The number of furan rings is 1. The third kappa shape index (κ3) is 4.27. The van der Waals surface area contributed by atoms with Crippen molar-refractivity contribution in [1.82, 2.24) is 5.32 Å². The largest absolute Gasteiger partial charge is 0.460 e. The van der Waals surface area contributed by atoms with Crippen molar-refractivity contribution in [2.75, 3.05) is 6.54 Å². The molecule has 0 saturated carbocycles. The van der Waals surface area contributed by atoms with Crippen LogP contribution in [0.4, 0.5) is 0 Å². The van der Waals surface area contributed by atoms with Gasteiger partial charge in [-0.05, 0) is 43.7 Å². The number of halogens is 2. The zero-order valence-corrected chi connectivity index (χ0v) is 12.8. The standard InChI is InChI=1S/C15H18ClNO.ClH/c1-3-8-17-10-13-6-7-15(18-13)12-5-4-11(2)14(16)9-12;/h4-7,9,17H,3,8,10H2,1-2H3;1H. The molecular formula is C15H19Cl2NO. The fraction of sp³-hybridized carbons (Fsp3) is 0.333. The van der Waals surface area contributed by atoms with Crippen LogP contribution in [0.15, 0.2) is 34.7 Å². The summed E-state index contributed by atoms with van der Waals surface area (Å²) in [5.41, 5.74) is 2.10. The minimum atomic E-state index is 0. The molecule has 0 fully saturated rings.